The maximum absolute atomic E-state index is 13.3. The molecule has 0 saturated carbocycles. The van der Waals surface area contributed by atoms with E-state index in [-0.39, 0.29) is 12.1 Å². The monoisotopic (exact) mass is 417 g/mol. The highest BCUT2D eigenvalue weighted by Crippen LogP contribution is 2.23. The number of nitrogens with zero attached hydrogens (tertiary/aromatic N) is 2. The highest BCUT2D eigenvalue weighted by Gasteiger charge is 2.29. The summed E-state index contributed by atoms with van der Waals surface area (Å²) < 4.78 is 5.80. The molecule has 1 aromatic heterocycles. The molecule has 4 rings (SSSR count). The Hall–Kier alpha value is -3.05. The normalized spacial score (nSPS) is 15.0. The van der Waals surface area contributed by atoms with Gasteiger partial charge in [0, 0.05) is 31.4 Å². The molecule has 0 spiro atoms. The van der Waals surface area contributed by atoms with Gasteiger partial charge in [0.25, 0.3) is 0 Å². The van der Waals surface area contributed by atoms with E-state index in [1.165, 1.54) is 5.56 Å². The summed E-state index contributed by atoms with van der Waals surface area (Å²) in [4.78, 5) is 17.7. The van der Waals surface area contributed by atoms with Gasteiger partial charge in [0.1, 0.15) is 11.5 Å². The van der Waals surface area contributed by atoms with Gasteiger partial charge in [0.2, 0.25) is 0 Å². The highest BCUT2D eigenvalue weighted by atomic mass is 16.3. The molecule has 0 bridgehead atoms. The molecule has 2 heterocycles. The summed E-state index contributed by atoms with van der Waals surface area (Å²) in [5.41, 5.74) is 3.25. The van der Waals surface area contributed by atoms with Crippen LogP contribution in [0.4, 0.5) is 10.5 Å². The van der Waals surface area contributed by atoms with Gasteiger partial charge in [-0.3, -0.25) is 4.90 Å². The fraction of sp³-hybridized carbons (Fsp3) is 0.346. The number of rotatable bonds is 6. The van der Waals surface area contributed by atoms with Gasteiger partial charge < -0.3 is 14.6 Å². The zero-order valence-corrected chi connectivity index (χ0v) is 18.4. The molecule has 0 atom stereocenters. The summed E-state index contributed by atoms with van der Waals surface area (Å²) >= 11 is 0. The minimum Gasteiger partial charge on any atom is -0.464 e. The molecule has 5 heteroatoms. The van der Waals surface area contributed by atoms with Crippen molar-refractivity contribution in [1.82, 2.24) is 9.80 Å². The second kappa shape index (κ2) is 9.84. The number of nitrogens with one attached hydrogen (secondary N) is 1. The van der Waals surface area contributed by atoms with Crippen molar-refractivity contribution in [2.24, 2.45) is 0 Å². The lowest BCUT2D eigenvalue weighted by atomic mass is 10.0. The lowest BCUT2D eigenvalue weighted by Crippen LogP contribution is -2.48. The molecule has 0 unspecified atom stereocenters. The predicted octanol–water partition coefficient (Wildman–Crippen LogP) is 5.60. The van der Waals surface area contributed by atoms with E-state index in [1.54, 1.807) is 0 Å². The second-order valence-electron chi connectivity index (χ2n) is 8.38. The predicted molar refractivity (Wildman–Crippen MR) is 124 cm³/mol. The minimum absolute atomic E-state index is 0.0649. The van der Waals surface area contributed by atoms with Crippen LogP contribution in [-0.2, 0) is 13.1 Å². The van der Waals surface area contributed by atoms with E-state index >= 15 is 0 Å². The molecular formula is C26H31N3O2. The molecule has 0 aliphatic carbocycles. The van der Waals surface area contributed by atoms with E-state index in [1.807, 2.05) is 55.1 Å². The first-order valence-electron chi connectivity index (χ1n) is 11.0. The van der Waals surface area contributed by atoms with Crippen molar-refractivity contribution in [3.05, 3.63) is 89.4 Å². The number of furan rings is 1. The first kappa shape index (κ1) is 21.2. The minimum atomic E-state index is -0.0649. The Bertz CT molecular complexity index is 991. The van der Waals surface area contributed by atoms with Crippen LogP contribution >= 0.6 is 0 Å². The Morgan fingerprint density at radius 2 is 1.71 bits per heavy atom. The number of likely N-dealkylation sites (tertiary alicyclic amines) is 1. The van der Waals surface area contributed by atoms with E-state index in [0.29, 0.717) is 6.54 Å². The van der Waals surface area contributed by atoms with Gasteiger partial charge in [-0.2, -0.15) is 0 Å². The van der Waals surface area contributed by atoms with Gasteiger partial charge in [0.15, 0.2) is 0 Å². The number of anilines is 1. The van der Waals surface area contributed by atoms with Crippen LogP contribution in [0.15, 0.2) is 71.1 Å². The van der Waals surface area contributed by atoms with Gasteiger partial charge >= 0.3 is 6.03 Å². The van der Waals surface area contributed by atoms with Crippen molar-refractivity contribution in [3.8, 4) is 0 Å². The molecule has 1 fully saturated rings. The number of para-hydroxylation sites is 1. The van der Waals surface area contributed by atoms with Crippen molar-refractivity contribution in [2.45, 2.75) is 45.8 Å². The Labute approximate surface area is 184 Å². The number of piperidine rings is 1. The lowest BCUT2D eigenvalue weighted by Gasteiger charge is -2.38. The summed E-state index contributed by atoms with van der Waals surface area (Å²) in [6, 6.07) is 22.5. The third-order valence-electron chi connectivity index (χ3n) is 6.02. The van der Waals surface area contributed by atoms with Gasteiger partial charge in [-0.15, -0.1) is 0 Å². The molecule has 0 radical (unpaired) electrons. The SMILES string of the molecule is Cc1ccc(CN(C(=O)Nc2ccccc2C)C2CCN(Cc3ccccc3)CC2)o1. The summed E-state index contributed by atoms with van der Waals surface area (Å²) in [5, 5.41) is 3.12. The van der Waals surface area contributed by atoms with Gasteiger partial charge in [0.05, 0.1) is 6.54 Å². The van der Waals surface area contributed by atoms with Gasteiger partial charge in [-0.1, -0.05) is 48.5 Å². The van der Waals surface area contributed by atoms with Crippen LogP contribution in [0.3, 0.4) is 0 Å². The molecule has 5 nitrogen and oxygen atoms in total. The molecule has 1 N–H and O–H groups in total. The number of carbonyl (C=O) groups excluding carboxylic acids is 1. The average Bonchev–Trinajstić information content (AvgIpc) is 3.20. The van der Waals surface area contributed by atoms with E-state index < -0.39 is 0 Å². The third-order valence-corrected chi connectivity index (χ3v) is 6.02. The third kappa shape index (κ3) is 5.56. The number of benzene rings is 2. The molecule has 162 valence electrons. The van der Waals surface area contributed by atoms with Crippen LogP contribution in [0.2, 0.25) is 0 Å². The van der Waals surface area contributed by atoms with E-state index in [0.717, 1.165) is 55.2 Å². The first-order valence-corrected chi connectivity index (χ1v) is 11.0. The molecular weight excluding hydrogens is 386 g/mol. The van der Waals surface area contributed by atoms with Crippen LogP contribution in [0.25, 0.3) is 0 Å². The van der Waals surface area contributed by atoms with Crippen LogP contribution in [0.5, 0.6) is 0 Å². The van der Waals surface area contributed by atoms with E-state index in [9.17, 15) is 4.79 Å². The number of amides is 2. The van der Waals surface area contributed by atoms with Crippen LogP contribution < -0.4 is 5.32 Å². The van der Waals surface area contributed by atoms with Crippen LogP contribution in [0.1, 0.15) is 35.5 Å². The number of carbonyl (C=O) groups is 1. The van der Waals surface area contributed by atoms with Gasteiger partial charge in [-0.25, -0.2) is 4.79 Å². The number of hydrogen-bond donors (Lipinski definition) is 1. The van der Waals surface area contributed by atoms with E-state index in [4.69, 9.17) is 4.42 Å². The Balaban J connectivity index is 1.44. The molecule has 2 aromatic carbocycles. The lowest BCUT2D eigenvalue weighted by molar-refractivity contribution is 0.115. The highest BCUT2D eigenvalue weighted by molar-refractivity contribution is 5.90. The second-order valence-corrected chi connectivity index (χ2v) is 8.38. The zero-order chi connectivity index (χ0) is 21.6. The Morgan fingerprint density at radius 1 is 1.00 bits per heavy atom. The van der Waals surface area contributed by atoms with Crippen molar-refractivity contribution in [1.29, 1.82) is 0 Å². The fourth-order valence-electron chi connectivity index (χ4n) is 4.24. The van der Waals surface area contributed by atoms with Crippen molar-refractivity contribution >= 4 is 11.7 Å². The smallest absolute Gasteiger partial charge is 0.322 e. The molecule has 3 aromatic rings. The summed E-state index contributed by atoms with van der Waals surface area (Å²) in [5.74, 6) is 1.69. The molecule has 1 aliphatic heterocycles. The maximum Gasteiger partial charge on any atom is 0.322 e. The maximum atomic E-state index is 13.3. The van der Waals surface area contributed by atoms with Crippen LogP contribution in [0, 0.1) is 13.8 Å². The summed E-state index contributed by atoms with van der Waals surface area (Å²) in [6.45, 7) is 7.34. The van der Waals surface area contributed by atoms with Crippen molar-refractivity contribution in [2.75, 3.05) is 18.4 Å². The Morgan fingerprint density at radius 3 is 2.39 bits per heavy atom. The average molecular weight is 418 g/mol. The molecule has 1 aliphatic rings. The number of hydrogen-bond acceptors (Lipinski definition) is 3. The van der Waals surface area contributed by atoms with E-state index in [2.05, 4.69) is 40.5 Å². The number of aryl methyl sites for hydroxylation is 2. The number of urea groups is 1. The molecule has 1 saturated heterocycles. The molecule has 2 amide bonds. The standard InChI is InChI=1S/C26H31N3O2/c1-20-8-6-7-11-25(20)27-26(30)29(19-24-13-12-21(2)31-24)23-14-16-28(17-15-23)18-22-9-4-3-5-10-22/h3-13,23H,14-19H2,1-2H3,(H,27,30). The topological polar surface area (TPSA) is 48.7 Å². The van der Waals surface area contributed by atoms with Crippen molar-refractivity contribution in [3.63, 3.8) is 0 Å². The Kier molecular flexibility index (Phi) is 6.73. The zero-order valence-electron chi connectivity index (χ0n) is 18.4. The van der Waals surface area contributed by atoms with Crippen molar-refractivity contribution < 1.29 is 9.21 Å². The largest absolute Gasteiger partial charge is 0.464 e. The summed E-state index contributed by atoms with van der Waals surface area (Å²) in [6.07, 6.45) is 1.90. The summed E-state index contributed by atoms with van der Waals surface area (Å²) in [7, 11) is 0. The molecule has 31 heavy (non-hydrogen) atoms. The van der Waals surface area contributed by atoms with Crippen LogP contribution in [-0.4, -0.2) is 35.0 Å². The first-order chi connectivity index (χ1) is 15.1. The van der Waals surface area contributed by atoms with Gasteiger partial charge in [-0.05, 0) is 56.0 Å². The fourth-order valence-corrected chi connectivity index (χ4v) is 4.24. The quantitative estimate of drug-likeness (QED) is 0.568.